The number of allylic oxidation sites excluding steroid dienone is 1. The Morgan fingerprint density at radius 3 is 3.00 bits per heavy atom. The van der Waals surface area contributed by atoms with Gasteiger partial charge < -0.3 is 0 Å². The lowest BCUT2D eigenvalue weighted by Crippen LogP contribution is -2.03. The van der Waals surface area contributed by atoms with Crippen molar-refractivity contribution in [2.24, 2.45) is 5.92 Å². The van der Waals surface area contributed by atoms with Gasteiger partial charge in [0.1, 0.15) is 0 Å². The van der Waals surface area contributed by atoms with Crippen molar-refractivity contribution in [2.75, 3.05) is 0 Å². The zero-order valence-electron chi connectivity index (χ0n) is 7.67. The fourth-order valence-corrected chi connectivity index (χ4v) is 1.76. The molecule has 12 heavy (non-hydrogen) atoms. The molecule has 0 N–H and O–H groups in total. The summed E-state index contributed by atoms with van der Waals surface area (Å²) in [4.78, 5) is 0. The maximum atomic E-state index is 2.30. The second kappa shape index (κ2) is 2.78. The Bertz CT molecular complexity index is 321. The van der Waals surface area contributed by atoms with Crippen molar-refractivity contribution < 1.29 is 0 Å². The van der Waals surface area contributed by atoms with E-state index in [0.717, 1.165) is 0 Å². The Kier molecular flexibility index (Phi) is 1.76. The third-order valence-corrected chi connectivity index (χ3v) is 2.44. The highest BCUT2D eigenvalue weighted by molar-refractivity contribution is 5.57. The Hall–Kier alpha value is -1.04. The molecule has 0 heteroatoms. The average Bonchev–Trinajstić information content (AvgIpc) is 2.03. The molecule has 1 aliphatic carbocycles. The molecule has 0 saturated carbocycles. The first-order chi connectivity index (χ1) is 5.75. The van der Waals surface area contributed by atoms with Crippen molar-refractivity contribution in [3.63, 3.8) is 0 Å². The van der Waals surface area contributed by atoms with Crippen LogP contribution in [-0.2, 0) is 6.42 Å². The smallest absolute Gasteiger partial charge is 0.0212 e. The lowest BCUT2D eigenvalue weighted by molar-refractivity contribution is 0.717. The predicted octanol–water partition coefficient (Wildman–Crippen LogP) is 3.20. The molecule has 1 unspecified atom stereocenters. The molecule has 1 aromatic rings. The van der Waals surface area contributed by atoms with E-state index in [-0.39, 0.29) is 0 Å². The van der Waals surface area contributed by atoms with E-state index in [1.807, 2.05) is 0 Å². The molecular weight excluding hydrogens is 144 g/mol. The van der Waals surface area contributed by atoms with Crippen LogP contribution in [0.25, 0.3) is 6.08 Å². The van der Waals surface area contributed by atoms with E-state index in [1.165, 1.54) is 23.1 Å². The normalized spacial score (nSPS) is 20.7. The van der Waals surface area contributed by atoms with Crippen molar-refractivity contribution in [3.8, 4) is 0 Å². The third kappa shape index (κ3) is 1.29. The van der Waals surface area contributed by atoms with Gasteiger partial charge in [-0.3, -0.25) is 0 Å². The zero-order chi connectivity index (χ0) is 8.55. The van der Waals surface area contributed by atoms with Gasteiger partial charge in [-0.1, -0.05) is 42.8 Å². The molecule has 1 atom stereocenters. The molecule has 62 valence electrons. The summed E-state index contributed by atoms with van der Waals surface area (Å²) in [6.45, 7) is 4.42. The Balaban J connectivity index is 2.47. The van der Waals surface area contributed by atoms with E-state index in [9.17, 15) is 0 Å². The monoisotopic (exact) mass is 158 g/mol. The van der Waals surface area contributed by atoms with Crippen LogP contribution < -0.4 is 0 Å². The van der Waals surface area contributed by atoms with E-state index >= 15 is 0 Å². The fourth-order valence-electron chi connectivity index (χ4n) is 1.76. The number of rotatable bonds is 0. The van der Waals surface area contributed by atoms with Gasteiger partial charge in [-0.2, -0.15) is 0 Å². The summed E-state index contributed by atoms with van der Waals surface area (Å²) in [5, 5.41) is 0. The van der Waals surface area contributed by atoms with Crippen LogP contribution in [0, 0.1) is 12.8 Å². The predicted molar refractivity (Wildman–Crippen MR) is 53.1 cm³/mol. The van der Waals surface area contributed by atoms with E-state index in [1.54, 1.807) is 0 Å². The number of hydrogen-bond donors (Lipinski definition) is 0. The maximum absolute atomic E-state index is 2.30. The van der Waals surface area contributed by atoms with Crippen molar-refractivity contribution >= 4 is 6.08 Å². The van der Waals surface area contributed by atoms with Crippen LogP contribution in [0.1, 0.15) is 23.6 Å². The van der Waals surface area contributed by atoms with E-state index < -0.39 is 0 Å². The summed E-state index contributed by atoms with van der Waals surface area (Å²) in [6.07, 6.45) is 5.73. The first kappa shape index (κ1) is 7.60. The Morgan fingerprint density at radius 2 is 2.17 bits per heavy atom. The van der Waals surface area contributed by atoms with Crippen LogP contribution in [0.5, 0.6) is 0 Å². The van der Waals surface area contributed by atoms with Crippen LogP contribution in [0.4, 0.5) is 0 Å². The fraction of sp³-hybridized carbons (Fsp3) is 0.333. The minimum absolute atomic E-state index is 0.708. The second-order valence-corrected chi connectivity index (χ2v) is 3.74. The van der Waals surface area contributed by atoms with Gasteiger partial charge in [0.15, 0.2) is 0 Å². The van der Waals surface area contributed by atoms with Gasteiger partial charge >= 0.3 is 0 Å². The average molecular weight is 158 g/mol. The van der Waals surface area contributed by atoms with Gasteiger partial charge in [0.25, 0.3) is 0 Å². The molecule has 0 aromatic heterocycles. The Morgan fingerprint density at radius 1 is 1.33 bits per heavy atom. The van der Waals surface area contributed by atoms with E-state index in [0.29, 0.717) is 5.92 Å². The van der Waals surface area contributed by atoms with Crippen molar-refractivity contribution in [2.45, 2.75) is 20.3 Å². The summed E-state index contributed by atoms with van der Waals surface area (Å²) in [5.74, 6) is 0.708. The summed E-state index contributed by atoms with van der Waals surface area (Å²) < 4.78 is 0. The van der Waals surface area contributed by atoms with Crippen LogP contribution >= 0.6 is 0 Å². The minimum atomic E-state index is 0.708. The second-order valence-electron chi connectivity index (χ2n) is 3.74. The van der Waals surface area contributed by atoms with Crippen molar-refractivity contribution in [3.05, 3.63) is 41.0 Å². The quantitative estimate of drug-likeness (QED) is 0.544. The van der Waals surface area contributed by atoms with E-state index in [2.05, 4.69) is 44.2 Å². The van der Waals surface area contributed by atoms with Crippen LogP contribution in [-0.4, -0.2) is 0 Å². The molecule has 1 aromatic carbocycles. The molecule has 0 nitrogen and oxygen atoms in total. The number of aryl methyl sites for hydroxylation is 1. The molecule has 0 radical (unpaired) electrons. The number of benzene rings is 1. The minimum Gasteiger partial charge on any atom is -0.0808 e. The van der Waals surface area contributed by atoms with Gasteiger partial charge in [-0.05, 0) is 30.4 Å². The summed E-state index contributed by atoms with van der Waals surface area (Å²) >= 11 is 0. The molecule has 0 saturated heterocycles. The molecule has 0 aliphatic heterocycles. The van der Waals surface area contributed by atoms with Crippen LogP contribution in [0.15, 0.2) is 24.3 Å². The standard InChI is InChI=1S/C12H14/c1-9-3-5-11-6-4-10(2)8-12(11)7-9/h3-7,10H,8H2,1-2H3. The molecular formula is C12H14. The number of hydrogen-bond acceptors (Lipinski definition) is 0. The van der Waals surface area contributed by atoms with Gasteiger partial charge in [0.05, 0.1) is 0 Å². The SMILES string of the molecule is Cc1ccc2c(c1)CC(C)C=C2. The summed E-state index contributed by atoms with van der Waals surface area (Å²) in [5.41, 5.74) is 4.28. The molecule has 0 spiro atoms. The van der Waals surface area contributed by atoms with E-state index in [4.69, 9.17) is 0 Å². The lowest BCUT2D eigenvalue weighted by Gasteiger charge is -2.15. The van der Waals surface area contributed by atoms with Crippen LogP contribution in [0.3, 0.4) is 0 Å². The molecule has 2 rings (SSSR count). The molecule has 0 bridgehead atoms. The summed E-state index contributed by atoms with van der Waals surface area (Å²) in [6, 6.07) is 6.70. The van der Waals surface area contributed by atoms with Crippen molar-refractivity contribution in [1.29, 1.82) is 0 Å². The highest BCUT2D eigenvalue weighted by Crippen LogP contribution is 2.23. The first-order valence-electron chi connectivity index (χ1n) is 4.53. The molecule has 1 aliphatic rings. The highest BCUT2D eigenvalue weighted by Gasteiger charge is 2.08. The van der Waals surface area contributed by atoms with Crippen LogP contribution in [0.2, 0.25) is 0 Å². The zero-order valence-corrected chi connectivity index (χ0v) is 7.67. The molecule has 0 heterocycles. The van der Waals surface area contributed by atoms with Gasteiger partial charge in [-0.25, -0.2) is 0 Å². The number of fused-ring (bicyclic) bond motifs is 1. The van der Waals surface area contributed by atoms with Crippen molar-refractivity contribution in [1.82, 2.24) is 0 Å². The third-order valence-electron chi connectivity index (χ3n) is 2.44. The van der Waals surface area contributed by atoms with Gasteiger partial charge in [0, 0.05) is 0 Å². The van der Waals surface area contributed by atoms with Gasteiger partial charge in [0.2, 0.25) is 0 Å². The summed E-state index contributed by atoms with van der Waals surface area (Å²) in [7, 11) is 0. The highest BCUT2D eigenvalue weighted by atomic mass is 14.1. The largest absolute Gasteiger partial charge is 0.0808 e. The Labute approximate surface area is 73.9 Å². The topological polar surface area (TPSA) is 0 Å². The molecule has 0 amide bonds. The maximum Gasteiger partial charge on any atom is -0.0212 e. The first-order valence-corrected chi connectivity index (χ1v) is 4.53. The molecule has 0 fully saturated rings. The lowest BCUT2D eigenvalue weighted by atomic mass is 9.90. The van der Waals surface area contributed by atoms with Gasteiger partial charge in [-0.15, -0.1) is 0 Å².